The Morgan fingerprint density at radius 2 is 1.79 bits per heavy atom. The number of esters is 1. The molecule has 0 aromatic carbocycles. The molecule has 0 aliphatic carbocycles. The lowest BCUT2D eigenvalue weighted by atomic mass is 9.99. The number of hydrogen-bond donors (Lipinski definition) is 4. The third-order valence-corrected chi connectivity index (χ3v) is 4.43. The number of allylic oxidation sites excluding steroid dienone is 3. The fourth-order valence-electron chi connectivity index (χ4n) is 2.70. The molecule has 1 aromatic heterocycles. The van der Waals surface area contributed by atoms with Crippen LogP contribution in [0.3, 0.4) is 0 Å². The lowest BCUT2D eigenvalue weighted by Gasteiger charge is -2.40. The number of aromatic nitrogens is 2. The molecule has 3 unspecified atom stereocenters. The molecule has 1 aliphatic rings. The number of anilines is 1. The standard InChI is InChI=1S/C20H27N3O7.C4H10/c1-4-12(18(27)28-3)7-8-13(5-2)29-19-17(26)16(25)15(24)14(30-19)11-23-20-21-9-6-10-22-20;1-4(2)3/h5-10,14-17,19,24-26H,2,4,11H2,1,3H3,(H,21,22,23);4H,1-3H3/b12-7+,13-8+;/t14?,15-,16?,17?,19+;/m1./s1. The van der Waals surface area contributed by atoms with Crippen LogP contribution < -0.4 is 5.32 Å². The Balaban J connectivity index is 0.00000133. The van der Waals surface area contributed by atoms with Gasteiger partial charge in [-0.15, -0.1) is 0 Å². The molecule has 0 saturated carbocycles. The number of nitrogens with zero attached hydrogens (tertiary/aromatic N) is 2. The van der Waals surface area contributed by atoms with Crippen LogP contribution in [0.15, 0.2) is 54.6 Å². The molecule has 1 saturated heterocycles. The van der Waals surface area contributed by atoms with Crippen molar-refractivity contribution in [3.63, 3.8) is 0 Å². The van der Waals surface area contributed by atoms with Crippen LogP contribution in [-0.2, 0) is 19.0 Å². The highest BCUT2D eigenvalue weighted by atomic mass is 16.7. The third kappa shape index (κ3) is 9.60. The first kappa shape index (κ1) is 29.2. The van der Waals surface area contributed by atoms with Crippen molar-refractivity contribution >= 4 is 11.9 Å². The predicted octanol–water partition coefficient (Wildman–Crippen LogP) is 1.95. The maximum absolute atomic E-state index is 11.7. The second-order valence-electron chi connectivity index (χ2n) is 8.13. The van der Waals surface area contributed by atoms with Gasteiger partial charge in [-0.25, -0.2) is 14.8 Å². The van der Waals surface area contributed by atoms with Gasteiger partial charge in [-0.1, -0.05) is 34.3 Å². The van der Waals surface area contributed by atoms with Gasteiger partial charge in [0.1, 0.15) is 30.2 Å². The molecule has 1 aromatic rings. The van der Waals surface area contributed by atoms with E-state index in [2.05, 4.69) is 42.6 Å². The summed E-state index contributed by atoms with van der Waals surface area (Å²) in [6.45, 7) is 12.0. The first-order chi connectivity index (χ1) is 16.1. The number of nitrogens with one attached hydrogen (secondary N) is 1. The van der Waals surface area contributed by atoms with E-state index in [4.69, 9.17) is 14.2 Å². The molecule has 0 amide bonds. The average molecular weight is 480 g/mol. The van der Waals surface area contributed by atoms with E-state index in [0.29, 0.717) is 17.9 Å². The number of carbonyl (C=O) groups excluding carboxylic acids is 1. The molecule has 2 heterocycles. The number of aliphatic hydroxyl groups excluding tert-OH is 3. The first-order valence-corrected chi connectivity index (χ1v) is 11.1. The van der Waals surface area contributed by atoms with E-state index < -0.39 is 36.7 Å². The molecule has 190 valence electrons. The molecular weight excluding hydrogens is 442 g/mol. The highest BCUT2D eigenvalue weighted by molar-refractivity contribution is 5.88. The summed E-state index contributed by atoms with van der Waals surface area (Å²) in [5.74, 6) is 0.868. The van der Waals surface area contributed by atoms with Crippen LogP contribution in [0, 0.1) is 5.92 Å². The van der Waals surface area contributed by atoms with Crippen LogP contribution in [0.1, 0.15) is 34.1 Å². The molecule has 4 N–H and O–H groups in total. The minimum absolute atomic E-state index is 0.0597. The van der Waals surface area contributed by atoms with Crippen molar-refractivity contribution in [3.05, 3.63) is 54.6 Å². The van der Waals surface area contributed by atoms with Gasteiger partial charge in [0.15, 0.2) is 0 Å². The summed E-state index contributed by atoms with van der Waals surface area (Å²) >= 11 is 0. The van der Waals surface area contributed by atoms with Gasteiger partial charge >= 0.3 is 5.97 Å². The normalized spacial score (nSPS) is 25.1. The average Bonchev–Trinajstić information content (AvgIpc) is 2.82. The van der Waals surface area contributed by atoms with Crippen molar-refractivity contribution in [1.29, 1.82) is 0 Å². The monoisotopic (exact) mass is 479 g/mol. The van der Waals surface area contributed by atoms with Crippen LogP contribution in [-0.4, -0.2) is 75.6 Å². The number of rotatable bonds is 9. The molecule has 34 heavy (non-hydrogen) atoms. The maximum atomic E-state index is 11.7. The molecule has 5 atom stereocenters. The van der Waals surface area contributed by atoms with Crippen molar-refractivity contribution in [1.82, 2.24) is 9.97 Å². The zero-order chi connectivity index (χ0) is 25.7. The van der Waals surface area contributed by atoms with Crippen LogP contribution in [0.5, 0.6) is 0 Å². The zero-order valence-electron chi connectivity index (χ0n) is 20.4. The van der Waals surface area contributed by atoms with E-state index in [-0.39, 0.29) is 12.3 Å². The smallest absolute Gasteiger partial charge is 0.333 e. The van der Waals surface area contributed by atoms with Crippen molar-refractivity contribution in [2.75, 3.05) is 19.0 Å². The summed E-state index contributed by atoms with van der Waals surface area (Å²) in [5.41, 5.74) is 0.408. The van der Waals surface area contributed by atoms with Crippen LogP contribution in [0.25, 0.3) is 0 Å². The summed E-state index contributed by atoms with van der Waals surface area (Å²) in [6.07, 6.45) is 1.30. The van der Waals surface area contributed by atoms with Crippen molar-refractivity contribution in [3.8, 4) is 0 Å². The highest BCUT2D eigenvalue weighted by Crippen LogP contribution is 2.24. The van der Waals surface area contributed by atoms with Crippen LogP contribution in [0.4, 0.5) is 5.95 Å². The van der Waals surface area contributed by atoms with E-state index in [1.54, 1.807) is 25.4 Å². The molecule has 1 aliphatic heterocycles. The Labute approximate surface area is 201 Å². The largest absolute Gasteiger partial charge is 0.466 e. The predicted molar refractivity (Wildman–Crippen MR) is 127 cm³/mol. The van der Waals surface area contributed by atoms with Gasteiger partial charge in [0.2, 0.25) is 12.2 Å². The van der Waals surface area contributed by atoms with Crippen LogP contribution in [0.2, 0.25) is 0 Å². The summed E-state index contributed by atoms with van der Waals surface area (Å²) in [4.78, 5) is 19.7. The van der Waals surface area contributed by atoms with E-state index >= 15 is 0 Å². The van der Waals surface area contributed by atoms with Gasteiger partial charge in [0, 0.05) is 24.5 Å². The summed E-state index contributed by atoms with van der Waals surface area (Å²) < 4.78 is 15.9. The second-order valence-corrected chi connectivity index (χ2v) is 8.13. The topological polar surface area (TPSA) is 143 Å². The number of methoxy groups -OCH3 is 1. The number of aliphatic hydroxyl groups is 3. The van der Waals surface area contributed by atoms with Gasteiger partial charge in [0.25, 0.3) is 0 Å². The Kier molecular flexibility index (Phi) is 13.1. The molecule has 0 spiro atoms. The SMILES string of the molecule is C=C/C(=C\C=C(/CC)C(=O)OC)O[C@H]1OC(CNc2ncccn2)[C@@H](O)C(O)C1O.CC(C)C. The van der Waals surface area contributed by atoms with Gasteiger partial charge in [-0.2, -0.15) is 0 Å². The first-order valence-electron chi connectivity index (χ1n) is 11.1. The minimum atomic E-state index is -1.51. The fourth-order valence-corrected chi connectivity index (χ4v) is 2.70. The Morgan fingerprint density at radius 3 is 2.32 bits per heavy atom. The number of ether oxygens (including phenoxy) is 3. The molecule has 10 heteroatoms. The van der Waals surface area contributed by atoms with E-state index in [0.717, 1.165) is 5.92 Å². The van der Waals surface area contributed by atoms with E-state index in [1.165, 1.54) is 25.3 Å². The Morgan fingerprint density at radius 1 is 1.18 bits per heavy atom. The van der Waals surface area contributed by atoms with Gasteiger partial charge in [0.05, 0.1) is 7.11 Å². The molecule has 2 rings (SSSR count). The van der Waals surface area contributed by atoms with Crippen LogP contribution >= 0.6 is 0 Å². The quantitative estimate of drug-likeness (QED) is 0.180. The lowest BCUT2D eigenvalue weighted by Crippen LogP contribution is -2.59. The van der Waals surface area contributed by atoms with Crippen molar-refractivity contribution < 1.29 is 34.3 Å². The van der Waals surface area contributed by atoms with E-state index in [9.17, 15) is 20.1 Å². The second kappa shape index (κ2) is 15.2. The maximum Gasteiger partial charge on any atom is 0.333 e. The lowest BCUT2D eigenvalue weighted by molar-refractivity contribution is -0.282. The van der Waals surface area contributed by atoms with Crippen molar-refractivity contribution in [2.45, 2.75) is 64.8 Å². The van der Waals surface area contributed by atoms with Gasteiger partial charge in [-0.05, 0) is 36.6 Å². The highest BCUT2D eigenvalue weighted by Gasteiger charge is 2.45. The molecule has 0 bridgehead atoms. The van der Waals surface area contributed by atoms with E-state index in [1.807, 2.05) is 0 Å². The number of carbonyl (C=O) groups is 1. The summed E-state index contributed by atoms with van der Waals surface area (Å²) in [7, 11) is 1.29. The Hall–Kier alpha value is -2.79. The third-order valence-electron chi connectivity index (χ3n) is 4.43. The minimum Gasteiger partial charge on any atom is -0.466 e. The van der Waals surface area contributed by atoms with Gasteiger partial charge < -0.3 is 34.8 Å². The molecule has 1 fully saturated rings. The fraction of sp³-hybridized carbons (Fsp3) is 0.542. The number of hydrogen-bond acceptors (Lipinski definition) is 10. The summed E-state index contributed by atoms with van der Waals surface area (Å²) in [5, 5.41) is 33.5. The van der Waals surface area contributed by atoms with Crippen molar-refractivity contribution in [2.24, 2.45) is 5.92 Å². The molecule has 10 nitrogen and oxygen atoms in total. The Bertz CT molecular complexity index is 811. The summed E-state index contributed by atoms with van der Waals surface area (Å²) in [6, 6.07) is 1.66. The van der Waals surface area contributed by atoms with Gasteiger partial charge in [-0.3, -0.25) is 0 Å². The zero-order valence-corrected chi connectivity index (χ0v) is 20.4. The molecule has 0 radical (unpaired) electrons. The molecular formula is C24H37N3O7.